The van der Waals surface area contributed by atoms with Crippen LogP contribution in [-0.4, -0.2) is 25.0 Å². The first-order valence-electron chi connectivity index (χ1n) is 4.95. The standard InChI is InChI=1S/C11H13FO3/c12-4-1-5-14-8-2-3-9-10(13)7-15-11(9)6-8/h2-3,6,10,13H,1,4-5,7H2. The van der Waals surface area contributed by atoms with Crippen molar-refractivity contribution < 1.29 is 19.0 Å². The summed E-state index contributed by atoms with van der Waals surface area (Å²) in [6.07, 6.45) is -0.152. The number of ether oxygens (including phenoxy) is 2. The van der Waals surface area contributed by atoms with E-state index in [0.717, 1.165) is 5.56 Å². The summed E-state index contributed by atoms with van der Waals surface area (Å²) < 4.78 is 22.4. The lowest BCUT2D eigenvalue weighted by Crippen LogP contribution is -1.98. The lowest BCUT2D eigenvalue weighted by molar-refractivity contribution is 0.140. The zero-order valence-electron chi connectivity index (χ0n) is 8.28. The SMILES string of the molecule is OC1COc2cc(OCCCF)ccc21. The van der Waals surface area contributed by atoms with Crippen molar-refractivity contribution in [3.8, 4) is 11.5 Å². The van der Waals surface area contributed by atoms with E-state index in [1.165, 1.54) is 0 Å². The normalized spacial score (nSPS) is 18.4. The Kier molecular flexibility index (Phi) is 3.06. The summed E-state index contributed by atoms with van der Waals surface area (Å²) in [5, 5.41) is 9.47. The molecule has 82 valence electrons. The van der Waals surface area contributed by atoms with Gasteiger partial charge in [-0.1, -0.05) is 0 Å². The number of hydrogen-bond acceptors (Lipinski definition) is 3. The molecule has 0 saturated heterocycles. The molecule has 1 aromatic carbocycles. The lowest BCUT2D eigenvalue weighted by Gasteiger charge is -2.06. The van der Waals surface area contributed by atoms with Gasteiger partial charge in [-0.2, -0.15) is 0 Å². The molecule has 0 spiro atoms. The third kappa shape index (κ3) is 2.21. The quantitative estimate of drug-likeness (QED) is 0.774. The van der Waals surface area contributed by atoms with Crippen LogP contribution in [0.25, 0.3) is 0 Å². The Morgan fingerprint density at radius 2 is 2.40 bits per heavy atom. The van der Waals surface area contributed by atoms with Gasteiger partial charge in [-0.25, -0.2) is 0 Å². The maximum Gasteiger partial charge on any atom is 0.129 e. The van der Waals surface area contributed by atoms with Crippen molar-refractivity contribution >= 4 is 0 Å². The van der Waals surface area contributed by atoms with Gasteiger partial charge in [0.2, 0.25) is 0 Å². The molecule has 0 fully saturated rings. The fraction of sp³-hybridized carbons (Fsp3) is 0.455. The average Bonchev–Trinajstić information content (AvgIpc) is 2.61. The van der Waals surface area contributed by atoms with E-state index in [0.29, 0.717) is 31.1 Å². The molecule has 0 radical (unpaired) electrons. The van der Waals surface area contributed by atoms with Crippen LogP contribution in [-0.2, 0) is 0 Å². The van der Waals surface area contributed by atoms with E-state index >= 15 is 0 Å². The Morgan fingerprint density at radius 1 is 1.53 bits per heavy atom. The minimum Gasteiger partial charge on any atom is -0.493 e. The Morgan fingerprint density at radius 3 is 3.20 bits per heavy atom. The van der Waals surface area contributed by atoms with Crippen LogP contribution in [0.2, 0.25) is 0 Å². The number of halogens is 1. The van der Waals surface area contributed by atoms with Crippen molar-refractivity contribution in [3.63, 3.8) is 0 Å². The molecule has 0 bridgehead atoms. The summed E-state index contributed by atoms with van der Waals surface area (Å²) in [6.45, 7) is 0.279. The fourth-order valence-corrected chi connectivity index (χ4v) is 1.51. The maximum atomic E-state index is 11.8. The van der Waals surface area contributed by atoms with Gasteiger partial charge < -0.3 is 14.6 Å². The molecule has 1 unspecified atom stereocenters. The van der Waals surface area contributed by atoms with Crippen molar-refractivity contribution in [1.82, 2.24) is 0 Å². The number of rotatable bonds is 4. The van der Waals surface area contributed by atoms with Gasteiger partial charge in [-0.05, 0) is 12.1 Å². The molecule has 1 atom stereocenters. The first-order chi connectivity index (χ1) is 7.31. The summed E-state index contributed by atoms with van der Waals surface area (Å²) in [5.41, 5.74) is 0.785. The lowest BCUT2D eigenvalue weighted by atomic mass is 10.1. The molecule has 1 N–H and O–H groups in total. The molecular formula is C11H13FO3. The molecule has 1 aromatic rings. The maximum absolute atomic E-state index is 11.8. The Labute approximate surface area is 87.4 Å². The van der Waals surface area contributed by atoms with E-state index < -0.39 is 6.10 Å². The van der Waals surface area contributed by atoms with Crippen LogP contribution in [0.3, 0.4) is 0 Å². The molecule has 0 aromatic heterocycles. The molecule has 0 aliphatic carbocycles. The Balaban J connectivity index is 2.03. The predicted octanol–water partition coefficient (Wildman–Crippen LogP) is 1.85. The summed E-state index contributed by atoms with van der Waals surface area (Å²) >= 11 is 0. The van der Waals surface area contributed by atoms with Crippen molar-refractivity contribution in [2.24, 2.45) is 0 Å². The highest BCUT2D eigenvalue weighted by Crippen LogP contribution is 2.34. The van der Waals surface area contributed by atoms with Gasteiger partial charge in [-0.15, -0.1) is 0 Å². The predicted molar refractivity (Wildman–Crippen MR) is 53.0 cm³/mol. The van der Waals surface area contributed by atoms with Crippen molar-refractivity contribution in [3.05, 3.63) is 23.8 Å². The van der Waals surface area contributed by atoms with Crippen LogP contribution in [0.5, 0.6) is 11.5 Å². The third-order valence-corrected chi connectivity index (χ3v) is 2.29. The van der Waals surface area contributed by atoms with Gasteiger partial charge in [0.15, 0.2) is 0 Å². The fourth-order valence-electron chi connectivity index (χ4n) is 1.51. The number of aliphatic hydroxyl groups excluding tert-OH is 1. The van der Waals surface area contributed by atoms with Crippen molar-refractivity contribution in [1.29, 1.82) is 0 Å². The second-order valence-corrected chi connectivity index (χ2v) is 3.42. The summed E-state index contributed by atoms with van der Waals surface area (Å²) in [6, 6.07) is 5.26. The van der Waals surface area contributed by atoms with E-state index in [2.05, 4.69) is 0 Å². The number of fused-ring (bicyclic) bond motifs is 1. The van der Waals surface area contributed by atoms with Crippen molar-refractivity contribution in [2.75, 3.05) is 19.9 Å². The molecular weight excluding hydrogens is 199 g/mol. The van der Waals surface area contributed by atoms with E-state index in [4.69, 9.17) is 9.47 Å². The van der Waals surface area contributed by atoms with Crippen LogP contribution in [0.15, 0.2) is 18.2 Å². The number of alkyl halides is 1. The van der Waals surface area contributed by atoms with E-state index in [-0.39, 0.29) is 6.67 Å². The summed E-state index contributed by atoms with van der Waals surface area (Å²) in [5.74, 6) is 1.30. The first kappa shape index (κ1) is 10.2. The zero-order valence-corrected chi connectivity index (χ0v) is 8.28. The number of hydrogen-bond donors (Lipinski definition) is 1. The first-order valence-corrected chi connectivity index (χ1v) is 4.95. The van der Waals surface area contributed by atoms with Crippen molar-refractivity contribution in [2.45, 2.75) is 12.5 Å². The van der Waals surface area contributed by atoms with E-state index in [9.17, 15) is 9.50 Å². The minimum absolute atomic E-state index is 0.295. The largest absolute Gasteiger partial charge is 0.493 e. The molecule has 1 aliphatic rings. The molecule has 1 aliphatic heterocycles. The molecule has 1 heterocycles. The minimum atomic E-state index is -0.542. The van der Waals surface area contributed by atoms with Gasteiger partial charge in [0, 0.05) is 18.1 Å². The molecule has 15 heavy (non-hydrogen) atoms. The molecule has 0 amide bonds. The second-order valence-electron chi connectivity index (χ2n) is 3.42. The topological polar surface area (TPSA) is 38.7 Å². The molecule has 3 nitrogen and oxygen atoms in total. The van der Waals surface area contributed by atoms with E-state index in [1.807, 2.05) is 0 Å². The zero-order chi connectivity index (χ0) is 10.7. The highest BCUT2D eigenvalue weighted by atomic mass is 19.1. The van der Waals surface area contributed by atoms with Gasteiger partial charge in [-0.3, -0.25) is 4.39 Å². The van der Waals surface area contributed by atoms with Crippen LogP contribution >= 0.6 is 0 Å². The van der Waals surface area contributed by atoms with Gasteiger partial charge in [0.25, 0.3) is 0 Å². The monoisotopic (exact) mass is 212 g/mol. The molecule has 0 saturated carbocycles. The highest BCUT2D eigenvalue weighted by molar-refractivity contribution is 5.44. The Hall–Kier alpha value is -1.29. The van der Waals surface area contributed by atoms with Crippen LogP contribution in [0, 0.1) is 0 Å². The summed E-state index contributed by atoms with van der Waals surface area (Å²) in [4.78, 5) is 0. The average molecular weight is 212 g/mol. The smallest absolute Gasteiger partial charge is 0.129 e. The molecule has 2 rings (SSSR count). The summed E-state index contributed by atoms with van der Waals surface area (Å²) in [7, 11) is 0. The Bertz CT molecular complexity index is 341. The van der Waals surface area contributed by atoms with Gasteiger partial charge in [0.1, 0.15) is 24.2 Å². The van der Waals surface area contributed by atoms with Crippen LogP contribution in [0.1, 0.15) is 18.1 Å². The van der Waals surface area contributed by atoms with Gasteiger partial charge >= 0.3 is 0 Å². The molecule has 4 heteroatoms. The third-order valence-electron chi connectivity index (χ3n) is 2.29. The van der Waals surface area contributed by atoms with Crippen LogP contribution in [0.4, 0.5) is 4.39 Å². The van der Waals surface area contributed by atoms with Crippen LogP contribution < -0.4 is 9.47 Å². The second kappa shape index (κ2) is 4.49. The number of aliphatic hydroxyl groups is 1. The highest BCUT2D eigenvalue weighted by Gasteiger charge is 2.21. The van der Waals surface area contributed by atoms with E-state index in [1.54, 1.807) is 18.2 Å². The van der Waals surface area contributed by atoms with Gasteiger partial charge in [0.05, 0.1) is 13.3 Å². The number of benzene rings is 1.